The molecule has 0 N–H and O–H groups in total. The lowest BCUT2D eigenvalue weighted by atomic mass is 9.95. The number of sulfonamides is 1. The number of methoxy groups -OCH3 is 2. The van der Waals surface area contributed by atoms with E-state index in [2.05, 4.69) is 87.6 Å². The number of para-hydroxylation sites is 2. The van der Waals surface area contributed by atoms with Gasteiger partial charge in [-0.3, -0.25) is 0 Å². The minimum absolute atomic E-state index is 0.0263. The van der Waals surface area contributed by atoms with Gasteiger partial charge in [-0.1, -0.05) is 103 Å². The second-order valence-corrected chi connectivity index (χ2v) is 32.1. The highest BCUT2D eigenvalue weighted by Gasteiger charge is 2.36. The standard InChI is InChI=1S/C25H33N5O4S.C23H31ClN4O5SSi.C8H17N/c1-17(2)20-7-6-8-21(18-9-12-26-22(15-18)33-5)25(20)34-23-16-24(28-27-23)35(31,32)30-13-10-19(11-14-30)29(3)4;1-16(2)18-8-7-9-19(17-10-11-25-20(14-17)31-3)21(18)33-23-26-22(34(24,29)30)27-28(23)15-32-12-13-35(4,5)6;1-9(2)8-6-4-3-5-7-8/h6-9,12,15,17,19H,10-11,13-14,16H2,1-5H3;7-11,14,16H,12-13,15H2,1-6H3;8H,3-7H2,1-2H3. The van der Waals surface area contributed by atoms with Crippen LogP contribution in [0.1, 0.15) is 102 Å². The molecule has 0 radical (unpaired) electrons. The molecule has 3 aromatic heterocycles. The van der Waals surface area contributed by atoms with Crippen LogP contribution >= 0.6 is 10.7 Å². The molecular formula is C56H81ClN10O9S2Si. The van der Waals surface area contributed by atoms with Gasteiger partial charge in [-0.2, -0.15) is 14.0 Å². The summed E-state index contributed by atoms with van der Waals surface area (Å²) in [5, 5.41) is 11.7. The second-order valence-electron chi connectivity index (χ2n) is 22.1. The molecule has 8 rings (SSSR count). The topological polar surface area (TPSA) is 205 Å². The van der Waals surface area contributed by atoms with Gasteiger partial charge in [0.15, 0.2) is 5.04 Å². The number of pyridine rings is 2. The first kappa shape index (κ1) is 62.9. The molecule has 5 aromatic rings. The number of ether oxygens (including phenoxy) is 5. The fourth-order valence-electron chi connectivity index (χ4n) is 9.24. The minimum atomic E-state index is -4.17. The van der Waals surface area contributed by atoms with E-state index in [1.807, 2.05) is 82.5 Å². The van der Waals surface area contributed by atoms with Crippen molar-refractivity contribution in [1.29, 1.82) is 0 Å². The van der Waals surface area contributed by atoms with Crippen LogP contribution in [0.4, 0.5) is 0 Å². The van der Waals surface area contributed by atoms with Crippen molar-refractivity contribution >= 4 is 48.8 Å². The van der Waals surface area contributed by atoms with E-state index in [4.69, 9.17) is 34.4 Å². The SMILES string of the molecule is CN(C)C1CCCCC1.COc1cc(-c2cccc(C(C)C)c2OC2=NN=C(S(=O)(=O)N3CCC(N(C)C)CC3)C2)ccn1.COc1cc(-c2cccc(C(C)C)c2Oc2nc(S(=O)(=O)Cl)nn2COCC[Si](C)(C)C)ccn1. The van der Waals surface area contributed by atoms with Crippen molar-refractivity contribution in [3.63, 3.8) is 0 Å². The maximum absolute atomic E-state index is 13.2. The highest BCUT2D eigenvalue weighted by molar-refractivity contribution is 8.13. The monoisotopic (exact) mass is 1160 g/mol. The van der Waals surface area contributed by atoms with E-state index in [9.17, 15) is 16.8 Å². The molecule has 0 bridgehead atoms. The largest absolute Gasteiger partial charge is 0.481 e. The zero-order valence-electron chi connectivity index (χ0n) is 48.3. The first-order valence-electron chi connectivity index (χ1n) is 27.0. The number of rotatable bonds is 18. The van der Waals surface area contributed by atoms with Crippen LogP contribution in [0.3, 0.4) is 0 Å². The number of halogens is 1. The third-order valence-electron chi connectivity index (χ3n) is 14.0. The maximum Gasteiger partial charge on any atom is 0.323 e. The lowest BCUT2D eigenvalue weighted by molar-refractivity contribution is 0.0723. The number of nitrogens with zero attached hydrogens (tertiary/aromatic N) is 10. The van der Waals surface area contributed by atoms with Gasteiger partial charge >= 0.3 is 6.01 Å². The number of benzene rings is 2. The van der Waals surface area contributed by atoms with E-state index < -0.39 is 32.3 Å². The summed E-state index contributed by atoms with van der Waals surface area (Å²) in [6, 6.07) is 21.3. The summed E-state index contributed by atoms with van der Waals surface area (Å²) in [6.45, 7) is 16.4. The quantitative estimate of drug-likeness (QED) is 0.0454. The molecule has 0 unspecified atom stereocenters. The number of piperidine rings is 1. The summed E-state index contributed by atoms with van der Waals surface area (Å²) < 4.78 is 82.0. The molecule has 2 aliphatic heterocycles. The molecule has 1 aliphatic carbocycles. The van der Waals surface area contributed by atoms with Gasteiger partial charge in [-0.05, 0) is 106 Å². The zero-order valence-corrected chi connectivity index (χ0v) is 51.7. The zero-order chi connectivity index (χ0) is 57.7. The van der Waals surface area contributed by atoms with E-state index in [0.717, 1.165) is 58.3 Å². The van der Waals surface area contributed by atoms with Gasteiger partial charge in [-0.15, -0.1) is 15.3 Å². The van der Waals surface area contributed by atoms with Crippen molar-refractivity contribution in [2.75, 3.05) is 62.1 Å². The van der Waals surface area contributed by atoms with Gasteiger partial charge in [-0.25, -0.2) is 26.8 Å². The minimum Gasteiger partial charge on any atom is -0.481 e. The molecule has 2 aromatic carbocycles. The molecule has 0 amide bonds. The van der Waals surface area contributed by atoms with Crippen LogP contribution in [-0.2, 0) is 30.5 Å². The molecule has 2 fully saturated rings. The summed E-state index contributed by atoms with van der Waals surface area (Å²) in [4.78, 5) is 16.9. The first-order chi connectivity index (χ1) is 37.4. The number of hydrogen-bond donors (Lipinski definition) is 0. The van der Waals surface area contributed by atoms with E-state index in [1.165, 1.54) is 41.1 Å². The summed E-state index contributed by atoms with van der Waals surface area (Å²) in [5.74, 6) is 2.66. The summed E-state index contributed by atoms with van der Waals surface area (Å²) >= 11 is 0. The fourth-order valence-corrected chi connectivity index (χ4v) is 12.0. The van der Waals surface area contributed by atoms with E-state index in [0.29, 0.717) is 49.0 Å². The van der Waals surface area contributed by atoms with Gasteiger partial charge in [0.05, 0.1) is 20.6 Å². The predicted molar refractivity (Wildman–Crippen MR) is 316 cm³/mol. The van der Waals surface area contributed by atoms with E-state index in [-0.39, 0.29) is 41.9 Å². The molecule has 0 atom stereocenters. The third-order valence-corrected chi connectivity index (χ3v) is 18.6. The first-order valence-corrected chi connectivity index (χ1v) is 34.4. The Balaban J connectivity index is 0.000000220. The van der Waals surface area contributed by atoms with Crippen molar-refractivity contribution in [2.45, 2.75) is 141 Å². The summed E-state index contributed by atoms with van der Waals surface area (Å²) in [5.41, 5.74) is 5.20. The van der Waals surface area contributed by atoms with Gasteiger partial charge in [0.1, 0.15) is 18.2 Å². The maximum atomic E-state index is 13.2. The van der Waals surface area contributed by atoms with Crippen LogP contribution in [-0.4, -0.2) is 149 Å². The van der Waals surface area contributed by atoms with Crippen LogP contribution < -0.4 is 18.9 Å². The molecule has 0 spiro atoms. The van der Waals surface area contributed by atoms with Gasteiger partial charge in [0.2, 0.25) is 17.7 Å². The Morgan fingerprint density at radius 3 is 1.70 bits per heavy atom. The van der Waals surface area contributed by atoms with E-state index >= 15 is 0 Å². The van der Waals surface area contributed by atoms with Crippen LogP contribution in [0.15, 0.2) is 88.4 Å². The highest BCUT2D eigenvalue weighted by Crippen LogP contribution is 2.41. The van der Waals surface area contributed by atoms with Crippen LogP contribution in [0.5, 0.6) is 29.3 Å². The third kappa shape index (κ3) is 17.6. The Morgan fingerprint density at radius 2 is 1.23 bits per heavy atom. The molecule has 19 nitrogen and oxygen atoms in total. The van der Waals surface area contributed by atoms with Gasteiger partial charge < -0.3 is 33.5 Å². The highest BCUT2D eigenvalue weighted by atomic mass is 35.7. The number of hydrogen-bond acceptors (Lipinski definition) is 17. The summed E-state index contributed by atoms with van der Waals surface area (Å²) in [6.07, 6.45) is 12.2. The molecule has 5 heterocycles. The normalized spacial score (nSPS) is 15.8. The fraction of sp³-hybridized carbons (Fsp3) is 0.536. The van der Waals surface area contributed by atoms with Crippen LogP contribution in [0.25, 0.3) is 22.3 Å². The van der Waals surface area contributed by atoms with Crippen LogP contribution in [0.2, 0.25) is 25.7 Å². The van der Waals surface area contributed by atoms with Crippen molar-refractivity contribution in [3.8, 4) is 51.5 Å². The van der Waals surface area contributed by atoms with Gasteiger partial charge in [0, 0.05) is 86.2 Å². The van der Waals surface area contributed by atoms with E-state index in [1.54, 1.807) is 32.7 Å². The van der Waals surface area contributed by atoms with Gasteiger partial charge in [0.25, 0.3) is 24.2 Å². The van der Waals surface area contributed by atoms with Crippen molar-refractivity contribution in [3.05, 3.63) is 84.2 Å². The average molecular weight is 1170 g/mol. The van der Waals surface area contributed by atoms with Crippen molar-refractivity contribution < 1.29 is 40.5 Å². The Bertz CT molecular complexity index is 3100. The lowest BCUT2D eigenvalue weighted by Crippen LogP contribution is -2.46. The molecule has 1 saturated heterocycles. The van der Waals surface area contributed by atoms with Crippen LogP contribution in [0, 0.1) is 0 Å². The molecule has 23 heteroatoms. The average Bonchev–Trinajstić information content (AvgIpc) is 4.17. The van der Waals surface area contributed by atoms with Crippen molar-refractivity contribution in [1.82, 2.24) is 38.8 Å². The Labute approximate surface area is 474 Å². The summed E-state index contributed by atoms with van der Waals surface area (Å²) in [7, 11) is 7.93. The Kier molecular flexibility index (Phi) is 22.6. The molecule has 1 saturated carbocycles. The Hall–Kier alpha value is -5.33. The smallest absolute Gasteiger partial charge is 0.323 e. The second kappa shape index (κ2) is 28.4. The molecule has 79 heavy (non-hydrogen) atoms. The Morgan fingerprint density at radius 1 is 0.709 bits per heavy atom. The molecule has 3 aliphatic rings. The number of aromatic nitrogens is 5. The predicted octanol–water partition coefficient (Wildman–Crippen LogP) is 11.1. The molecule has 432 valence electrons. The van der Waals surface area contributed by atoms with Crippen molar-refractivity contribution in [2.24, 2.45) is 10.2 Å². The molecular weight excluding hydrogens is 1080 g/mol. The lowest BCUT2D eigenvalue weighted by Gasteiger charge is -2.34.